The Hall–Kier alpha value is -1.96. The number of rotatable bonds is 2. The van der Waals surface area contributed by atoms with Crippen molar-refractivity contribution in [1.29, 1.82) is 0 Å². The Morgan fingerprint density at radius 3 is 2.41 bits per heavy atom. The lowest BCUT2D eigenvalue weighted by Gasteiger charge is -2.43. The van der Waals surface area contributed by atoms with Crippen LogP contribution < -0.4 is 0 Å². The lowest BCUT2D eigenvalue weighted by Crippen LogP contribution is -2.52. The van der Waals surface area contributed by atoms with Gasteiger partial charge in [-0.1, -0.05) is 11.6 Å². The zero-order valence-electron chi connectivity index (χ0n) is 15.6. The molecule has 0 N–H and O–H groups in total. The molecule has 1 aromatic heterocycles. The van der Waals surface area contributed by atoms with Crippen LogP contribution in [0.2, 0.25) is 0 Å². The standard InChI is InChI=1S/C19H27N5O3/c25-18(13-2-1-3-13)22-7-4-14(5-8-22)19(26)23-9-6-17-16(11-23)24-15(12-27-17)10-20-21-24/h10,13-14,16-17H,1-9,11-12H2/t16-,17+/m0/s1. The summed E-state index contributed by atoms with van der Waals surface area (Å²) >= 11 is 0. The Balaban J connectivity index is 1.19. The fourth-order valence-corrected chi connectivity index (χ4v) is 4.90. The molecule has 0 spiro atoms. The molecule has 1 saturated carbocycles. The molecule has 4 aliphatic rings. The second kappa shape index (κ2) is 6.89. The van der Waals surface area contributed by atoms with Crippen LogP contribution in [-0.4, -0.2) is 68.9 Å². The van der Waals surface area contributed by atoms with Crippen molar-refractivity contribution in [3.8, 4) is 0 Å². The van der Waals surface area contributed by atoms with Gasteiger partial charge in [-0.05, 0) is 32.1 Å². The molecule has 1 aliphatic carbocycles. The van der Waals surface area contributed by atoms with Crippen LogP contribution in [0.5, 0.6) is 0 Å². The highest BCUT2D eigenvalue weighted by Crippen LogP contribution is 2.33. The average Bonchev–Trinajstić information content (AvgIpc) is 3.15. The number of carbonyl (C=O) groups is 2. The van der Waals surface area contributed by atoms with E-state index in [0.29, 0.717) is 19.1 Å². The summed E-state index contributed by atoms with van der Waals surface area (Å²) in [7, 11) is 0. The lowest BCUT2D eigenvalue weighted by atomic mass is 9.83. The van der Waals surface area contributed by atoms with Gasteiger partial charge in [-0.25, -0.2) is 4.68 Å². The Labute approximate surface area is 158 Å². The molecule has 4 heterocycles. The Morgan fingerprint density at radius 1 is 0.963 bits per heavy atom. The van der Waals surface area contributed by atoms with Gasteiger partial charge in [-0.15, -0.1) is 5.10 Å². The predicted molar refractivity (Wildman–Crippen MR) is 95.5 cm³/mol. The Kier molecular flexibility index (Phi) is 4.38. The second-order valence-electron chi connectivity index (χ2n) is 8.39. The molecule has 1 aromatic rings. The van der Waals surface area contributed by atoms with Gasteiger partial charge in [0.05, 0.1) is 30.6 Å². The van der Waals surface area contributed by atoms with E-state index in [2.05, 4.69) is 10.3 Å². The molecule has 3 aliphatic heterocycles. The summed E-state index contributed by atoms with van der Waals surface area (Å²) in [5, 5.41) is 8.21. The number of hydrogen-bond donors (Lipinski definition) is 0. The summed E-state index contributed by atoms with van der Waals surface area (Å²) < 4.78 is 7.87. The highest BCUT2D eigenvalue weighted by atomic mass is 16.5. The largest absolute Gasteiger partial charge is 0.370 e. The van der Waals surface area contributed by atoms with E-state index in [9.17, 15) is 9.59 Å². The summed E-state index contributed by atoms with van der Waals surface area (Å²) in [6.45, 7) is 3.38. The number of fused-ring (bicyclic) bond motifs is 3. The van der Waals surface area contributed by atoms with Gasteiger partial charge >= 0.3 is 0 Å². The zero-order valence-corrected chi connectivity index (χ0v) is 15.6. The fourth-order valence-electron chi connectivity index (χ4n) is 4.90. The van der Waals surface area contributed by atoms with Crippen LogP contribution in [0.25, 0.3) is 0 Å². The van der Waals surface area contributed by atoms with E-state index < -0.39 is 0 Å². The third-order valence-electron chi connectivity index (χ3n) is 6.85. The molecule has 0 bridgehead atoms. The van der Waals surface area contributed by atoms with Crippen molar-refractivity contribution in [2.45, 2.75) is 57.3 Å². The van der Waals surface area contributed by atoms with Crippen molar-refractivity contribution >= 4 is 11.8 Å². The maximum atomic E-state index is 13.1. The van der Waals surface area contributed by atoms with Crippen LogP contribution in [0.3, 0.4) is 0 Å². The van der Waals surface area contributed by atoms with Gasteiger partial charge in [0.2, 0.25) is 11.8 Å². The minimum absolute atomic E-state index is 0.0340. The number of nitrogens with zero attached hydrogens (tertiary/aromatic N) is 5. The predicted octanol–water partition coefficient (Wildman–Crippen LogP) is 0.989. The van der Waals surface area contributed by atoms with Gasteiger partial charge < -0.3 is 14.5 Å². The van der Waals surface area contributed by atoms with Crippen molar-refractivity contribution in [2.75, 3.05) is 26.2 Å². The molecule has 0 unspecified atom stereocenters. The van der Waals surface area contributed by atoms with E-state index in [0.717, 1.165) is 57.4 Å². The van der Waals surface area contributed by atoms with Gasteiger partial charge in [0.15, 0.2) is 0 Å². The highest BCUT2D eigenvalue weighted by Gasteiger charge is 2.40. The molecule has 3 fully saturated rings. The van der Waals surface area contributed by atoms with Gasteiger partial charge in [0.25, 0.3) is 0 Å². The van der Waals surface area contributed by atoms with Crippen molar-refractivity contribution in [2.24, 2.45) is 11.8 Å². The van der Waals surface area contributed by atoms with E-state index >= 15 is 0 Å². The van der Waals surface area contributed by atoms with Crippen molar-refractivity contribution < 1.29 is 14.3 Å². The molecule has 2 saturated heterocycles. The number of hydrogen-bond acceptors (Lipinski definition) is 5. The Morgan fingerprint density at radius 2 is 1.67 bits per heavy atom. The van der Waals surface area contributed by atoms with Crippen LogP contribution in [-0.2, 0) is 20.9 Å². The normalized spacial score (nSPS) is 29.0. The third kappa shape index (κ3) is 3.03. The maximum Gasteiger partial charge on any atom is 0.225 e. The van der Waals surface area contributed by atoms with Crippen LogP contribution in [0, 0.1) is 11.8 Å². The minimum atomic E-state index is 0.0340. The lowest BCUT2D eigenvalue weighted by molar-refractivity contribution is -0.147. The van der Waals surface area contributed by atoms with Crippen LogP contribution in [0.4, 0.5) is 0 Å². The minimum Gasteiger partial charge on any atom is -0.370 e. The molecule has 0 radical (unpaired) electrons. The van der Waals surface area contributed by atoms with Gasteiger partial charge in [0.1, 0.15) is 0 Å². The third-order valence-corrected chi connectivity index (χ3v) is 6.85. The molecule has 8 nitrogen and oxygen atoms in total. The van der Waals surface area contributed by atoms with E-state index in [1.54, 1.807) is 6.20 Å². The molecule has 8 heteroatoms. The van der Waals surface area contributed by atoms with E-state index in [1.165, 1.54) is 6.42 Å². The van der Waals surface area contributed by atoms with Crippen molar-refractivity contribution in [1.82, 2.24) is 24.8 Å². The monoisotopic (exact) mass is 373 g/mol. The average molecular weight is 373 g/mol. The number of piperidine rings is 2. The molecular formula is C19H27N5O3. The fraction of sp³-hybridized carbons (Fsp3) is 0.789. The summed E-state index contributed by atoms with van der Waals surface area (Å²) in [5.74, 6) is 0.827. The van der Waals surface area contributed by atoms with E-state index in [1.807, 2.05) is 14.5 Å². The molecule has 2 atom stereocenters. The first-order chi connectivity index (χ1) is 13.2. The maximum absolute atomic E-state index is 13.1. The van der Waals surface area contributed by atoms with Crippen LogP contribution in [0.1, 0.15) is 50.3 Å². The Bertz CT molecular complexity index is 723. The number of likely N-dealkylation sites (tertiary alicyclic amines) is 2. The highest BCUT2D eigenvalue weighted by molar-refractivity contribution is 5.81. The molecule has 5 rings (SSSR count). The van der Waals surface area contributed by atoms with Gasteiger partial charge in [0, 0.05) is 38.0 Å². The molecule has 146 valence electrons. The van der Waals surface area contributed by atoms with Crippen LogP contribution in [0.15, 0.2) is 6.20 Å². The van der Waals surface area contributed by atoms with Crippen molar-refractivity contribution in [3.05, 3.63) is 11.9 Å². The summed E-state index contributed by atoms with van der Waals surface area (Å²) in [4.78, 5) is 29.5. The van der Waals surface area contributed by atoms with Crippen molar-refractivity contribution in [3.63, 3.8) is 0 Å². The summed E-state index contributed by atoms with van der Waals surface area (Å²) in [6, 6.07) is 0.0641. The number of amides is 2. The quantitative estimate of drug-likeness (QED) is 0.772. The number of carbonyl (C=O) groups excluding carboxylic acids is 2. The zero-order chi connectivity index (χ0) is 18.4. The second-order valence-corrected chi connectivity index (χ2v) is 8.39. The summed E-state index contributed by atoms with van der Waals surface area (Å²) in [6.07, 6.45) is 7.53. The number of aromatic nitrogens is 3. The first kappa shape index (κ1) is 17.2. The van der Waals surface area contributed by atoms with E-state index in [4.69, 9.17) is 4.74 Å². The first-order valence-electron chi connectivity index (χ1n) is 10.3. The number of ether oxygens (including phenoxy) is 1. The van der Waals surface area contributed by atoms with Gasteiger partial charge in [-0.3, -0.25) is 9.59 Å². The molecule has 0 aromatic carbocycles. The molecular weight excluding hydrogens is 346 g/mol. The molecule has 27 heavy (non-hydrogen) atoms. The topological polar surface area (TPSA) is 80.6 Å². The first-order valence-corrected chi connectivity index (χ1v) is 10.3. The van der Waals surface area contributed by atoms with Gasteiger partial charge in [-0.2, -0.15) is 0 Å². The summed E-state index contributed by atoms with van der Waals surface area (Å²) in [5.41, 5.74) is 0.980. The molecule has 2 amide bonds. The SMILES string of the molecule is O=C(C1CCC1)N1CCC(C(=O)N2CC[C@H]3OCc4cnnn4[C@H]3C2)CC1. The van der Waals surface area contributed by atoms with Crippen LogP contribution >= 0.6 is 0 Å². The van der Waals surface area contributed by atoms with E-state index in [-0.39, 0.29) is 29.9 Å². The smallest absolute Gasteiger partial charge is 0.225 e.